The van der Waals surface area contributed by atoms with Gasteiger partial charge in [0.15, 0.2) is 11.0 Å². The number of nitrogens with zero attached hydrogens (tertiary/aromatic N) is 3. The molecular weight excluding hydrogens is 424 g/mol. The molecule has 0 aliphatic heterocycles. The van der Waals surface area contributed by atoms with E-state index >= 15 is 0 Å². The fourth-order valence-electron chi connectivity index (χ4n) is 3.44. The molecule has 7 heteroatoms. The highest BCUT2D eigenvalue weighted by Gasteiger charge is 2.33. The number of aromatic nitrogens is 3. The number of nitrogens with one attached hydrogen (secondary N) is 1. The predicted molar refractivity (Wildman–Crippen MR) is 126 cm³/mol. The minimum Gasteiger partial charge on any atom is -0.325 e. The Morgan fingerprint density at radius 3 is 2.52 bits per heavy atom. The van der Waals surface area contributed by atoms with Gasteiger partial charge in [-0.25, -0.2) is 0 Å². The lowest BCUT2D eigenvalue weighted by molar-refractivity contribution is -0.115. The van der Waals surface area contributed by atoms with Crippen molar-refractivity contribution in [1.29, 1.82) is 0 Å². The van der Waals surface area contributed by atoms with E-state index in [-0.39, 0.29) is 5.91 Å². The highest BCUT2D eigenvalue weighted by Crippen LogP contribution is 2.44. The van der Waals surface area contributed by atoms with Crippen molar-refractivity contribution in [2.24, 2.45) is 0 Å². The zero-order chi connectivity index (χ0) is 21.2. The van der Waals surface area contributed by atoms with Crippen LogP contribution in [0.2, 0.25) is 0 Å². The summed E-state index contributed by atoms with van der Waals surface area (Å²) in [5, 5.41) is 14.5. The van der Waals surface area contributed by atoms with E-state index in [4.69, 9.17) is 0 Å². The lowest BCUT2D eigenvalue weighted by atomic mass is 10.1. The fourth-order valence-corrected chi connectivity index (χ4v) is 5.26. The predicted octanol–water partition coefficient (Wildman–Crippen LogP) is 6.12. The number of carbonyl (C=O) groups excluding carboxylic acids is 1. The molecule has 1 saturated carbocycles. The van der Waals surface area contributed by atoms with Gasteiger partial charge in [-0.1, -0.05) is 65.9 Å². The molecule has 4 aromatic rings. The van der Waals surface area contributed by atoms with Gasteiger partial charge >= 0.3 is 0 Å². The summed E-state index contributed by atoms with van der Waals surface area (Å²) in [6.07, 6.45) is 2.24. The van der Waals surface area contributed by atoms with Crippen LogP contribution in [-0.2, 0) is 4.79 Å². The van der Waals surface area contributed by atoms with Crippen LogP contribution in [0.15, 0.2) is 77.3 Å². The number of thiophene rings is 1. The highest BCUT2D eigenvalue weighted by molar-refractivity contribution is 8.00. The highest BCUT2D eigenvalue weighted by atomic mass is 32.2. The number of carbonyl (C=O) groups is 1. The van der Waals surface area contributed by atoms with E-state index < -0.39 is 5.25 Å². The van der Waals surface area contributed by atoms with Crippen molar-refractivity contribution in [3.63, 3.8) is 0 Å². The average Bonchev–Trinajstić information content (AvgIpc) is 3.31. The van der Waals surface area contributed by atoms with Crippen molar-refractivity contribution in [2.75, 3.05) is 5.32 Å². The molecule has 1 unspecified atom stereocenters. The van der Waals surface area contributed by atoms with E-state index in [9.17, 15) is 4.79 Å². The monoisotopic (exact) mass is 446 g/mol. The standard InChI is InChI=1S/C24H22N4OS2/c1-16-9-11-18(12-10-16)25-23(29)21(17-6-3-2-4-7-17)31-24-27-26-22(20-8-5-15-30-20)28(24)19-13-14-19/h2-12,15,19,21H,13-14H2,1H3,(H,25,29). The van der Waals surface area contributed by atoms with E-state index in [2.05, 4.69) is 31.5 Å². The first-order valence-electron chi connectivity index (χ1n) is 10.3. The van der Waals surface area contributed by atoms with E-state index in [1.807, 2.05) is 67.6 Å². The average molecular weight is 447 g/mol. The number of aryl methyl sites for hydroxylation is 1. The van der Waals surface area contributed by atoms with Crippen molar-refractivity contribution >= 4 is 34.7 Å². The van der Waals surface area contributed by atoms with Gasteiger partial charge in [0.05, 0.1) is 4.88 Å². The third-order valence-corrected chi connectivity index (χ3v) is 7.28. The van der Waals surface area contributed by atoms with Crippen molar-refractivity contribution in [1.82, 2.24) is 14.8 Å². The molecule has 0 saturated heterocycles. The smallest absolute Gasteiger partial charge is 0.242 e. The Morgan fingerprint density at radius 1 is 1.06 bits per heavy atom. The van der Waals surface area contributed by atoms with Crippen molar-refractivity contribution < 1.29 is 4.79 Å². The second-order valence-corrected chi connectivity index (χ2v) is 9.67. The second-order valence-electron chi connectivity index (χ2n) is 7.65. The van der Waals surface area contributed by atoms with Crippen LogP contribution in [0.1, 0.15) is 35.3 Å². The molecule has 156 valence electrons. The second kappa shape index (κ2) is 8.69. The number of anilines is 1. The number of hydrogen-bond acceptors (Lipinski definition) is 5. The third kappa shape index (κ3) is 4.43. The summed E-state index contributed by atoms with van der Waals surface area (Å²) in [5.74, 6) is 0.828. The topological polar surface area (TPSA) is 59.8 Å². The first-order valence-corrected chi connectivity index (χ1v) is 12.0. The molecule has 2 aromatic heterocycles. The quantitative estimate of drug-likeness (QED) is 0.347. The summed E-state index contributed by atoms with van der Waals surface area (Å²) in [4.78, 5) is 14.5. The molecule has 2 heterocycles. The van der Waals surface area contributed by atoms with E-state index in [1.54, 1.807) is 11.3 Å². The van der Waals surface area contributed by atoms with Crippen LogP contribution in [0.4, 0.5) is 5.69 Å². The number of thioether (sulfide) groups is 1. The summed E-state index contributed by atoms with van der Waals surface area (Å²) in [5.41, 5.74) is 2.89. The summed E-state index contributed by atoms with van der Waals surface area (Å²) < 4.78 is 2.21. The van der Waals surface area contributed by atoms with Gasteiger partial charge in [0.1, 0.15) is 5.25 Å². The van der Waals surface area contributed by atoms with Gasteiger partial charge in [0.25, 0.3) is 0 Å². The Labute approximate surface area is 189 Å². The summed E-state index contributed by atoms with van der Waals surface area (Å²) in [6.45, 7) is 2.03. The molecule has 1 fully saturated rings. The van der Waals surface area contributed by atoms with Gasteiger partial charge < -0.3 is 5.32 Å². The largest absolute Gasteiger partial charge is 0.325 e. The Kier molecular flexibility index (Phi) is 5.61. The van der Waals surface area contributed by atoms with Crippen molar-refractivity contribution in [3.8, 4) is 10.7 Å². The molecule has 31 heavy (non-hydrogen) atoms. The molecule has 5 nitrogen and oxygen atoms in total. The molecule has 0 radical (unpaired) electrons. The zero-order valence-electron chi connectivity index (χ0n) is 17.1. The summed E-state index contributed by atoms with van der Waals surface area (Å²) in [6, 6.07) is 22.2. The minimum atomic E-state index is -0.430. The first kappa shape index (κ1) is 20.0. The third-order valence-electron chi connectivity index (χ3n) is 5.20. The van der Waals surface area contributed by atoms with Gasteiger partial charge in [-0.3, -0.25) is 9.36 Å². The van der Waals surface area contributed by atoms with Gasteiger partial charge in [-0.15, -0.1) is 21.5 Å². The van der Waals surface area contributed by atoms with Gasteiger partial charge in [-0.2, -0.15) is 0 Å². The number of amides is 1. The molecule has 1 aliphatic rings. The van der Waals surface area contributed by atoms with E-state index in [0.717, 1.165) is 45.5 Å². The normalized spacial score (nSPS) is 14.4. The van der Waals surface area contributed by atoms with E-state index in [0.29, 0.717) is 6.04 Å². The Balaban J connectivity index is 1.47. The first-order chi connectivity index (χ1) is 15.2. The lowest BCUT2D eigenvalue weighted by Gasteiger charge is -2.17. The number of benzene rings is 2. The van der Waals surface area contributed by atoms with Crippen molar-refractivity contribution in [3.05, 3.63) is 83.2 Å². The Hall–Kier alpha value is -2.90. The fraction of sp³-hybridized carbons (Fsp3) is 0.208. The molecule has 5 rings (SSSR count). The van der Waals surface area contributed by atoms with Crippen LogP contribution in [0.3, 0.4) is 0 Å². The number of hydrogen-bond donors (Lipinski definition) is 1. The van der Waals surface area contributed by atoms with Crippen LogP contribution in [-0.4, -0.2) is 20.7 Å². The van der Waals surface area contributed by atoms with Gasteiger partial charge in [0.2, 0.25) is 5.91 Å². The van der Waals surface area contributed by atoms with Gasteiger partial charge in [-0.05, 0) is 48.9 Å². The summed E-state index contributed by atoms with van der Waals surface area (Å²) >= 11 is 3.13. The zero-order valence-corrected chi connectivity index (χ0v) is 18.7. The van der Waals surface area contributed by atoms with Crippen LogP contribution in [0, 0.1) is 6.92 Å². The molecule has 2 aromatic carbocycles. The van der Waals surface area contributed by atoms with E-state index in [1.165, 1.54) is 11.8 Å². The SMILES string of the molecule is Cc1ccc(NC(=O)C(Sc2nnc(-c3cccs3)n2C2CC2)c2ccccc2)cc1. The Morgan fingerprint density at radius 2 is 1.84 bits per heavy atom. The van der Waals surface area contributed by atoms with Crippen molar-refractivity contribution in [2.45, 2.75) is 36.2 Å². The molecule has 1 aliphatic carbocycles. The molecule has 0 bridgehead atoms. The maximum atomic E-state index is 13.3. The van der Waals surface area contributed by atoms with Crippen LogP contribution in [0.5, 0.6) is 0 Å². The maximum Gasteiger partial charge on any atom is 0.242 e. The summed E-state index contributed by atoms with van der Waals surface area (Å²) in [7, 11) is 0. The Bertz CT molecular complexity index is 1170. The maximum absolute atomic E-state index is 13.3. The molecule has 1 N–H and O–H groups in total. The lowest BCUT2D eigenvalue weighted by Crippen LogP contribution is -2.19. The molecule has 0 spiro atoms. The van der Waals surface area contributed by atoms with Crippen LogP contribution < -0.4 is 5.32 Å². The van der Waals surface area contributed by atoms with Crippen LogP contribution >= 0.6 is 23.1 Å². The minimum absolute atomic E-state index is 0.0666. The molecule has 1 amide bonds. The van der Waals surface area contributed by atoms with Crippen LogP contribution in [0.25, 0.3) is 10.7 Å². The van der Waals surface area contributed by atoms with Gasteiger partial charge in [0, 0.05) is 11.7 Å². The molecule has 1 atom stereocenters. The molecular formula is C24H22N4OS2. The number of rotatable bonds is 7.